The molecule has 1 fully saturated rings. The van der Waals surface area contributed by atoms with E-state index in [1.165, 1.54) is 6.20 Å². The van der Waals surface area contributed by atoms with Crippen molar-refractivity contribution >= 4 is 34.3 Å². The van der Waals surface area contributed by atoms with Gasteiger partial charge in [0, 0.05) is 34.8 Å². The molecule has 0 bridgehead atoms. The van der Waals surface area contributed by atoms with Crippen molar-refractivity contribution in [3.8, 4) is 11.3 Å². The van der Waals surface area contributed by atoms with E-state index in [2.05, 4.69) is 20.6 Å². The molecule has 3 aromatic heterocycles. The molecule has 148 valence electrons. The fourth-order valence-corrected chi connectivity index (χ4v) is 3.23. The van der Waals surface area contributed by atoms with Crippen LogP contribution in [-0.4, -0.2) is 21.8 Å². The Hall–Kier alpha value is -4.00. The average molecular weight is 398 g/mol. The fraction of sp³-hybridized carbons (Fsp3) is 0.130. The van der Waals surface area contributed by atoms with Crippen LogP contribution in [0.5, 0.6) is 0 Å². The number of carbonyl (C=O) groups is 2. The van der Waals surface area contributed by atoms with Crippen molar-refractivity contribution < 1.29 is 14.0 Å². The molecule has 0 aliphatic heterocycles. The number of aromatic nitrogens is 2. The Morgan fingerprint density at radius 3 is 2.70 bits per heavy atom. The van der Waals surface area contributed by atoms with Crippen LogP contribution in [0.3, 0.4) is 0 Å². The zero-order chi connectivity index (χ0) is 20.5. The van der Waals surface area contributed by atoms with Gasteiger partial charge >= 0.3 is 0 Å². The summed E-state index contributed by atoms with van der Waals surface area (Å²) >= 11 is 0. The summed E-state index contributed by atoms with van der Waals surface area (Å²) in [5.74, 6) is 0.680. The number of nitrogens with zero attached hydrogens (tertiary/aromatic N) is 2. The van der Waals surface area contributed by atoms with Gasteiger partial charge in [-0.15, -0.1) is 0 Å². The molecule has 0 unspecified atom stereocenters. The largest absolute Gasteiger partial charge is 0.456 e. The third-order valence-electron chi connectivity index (χ3n) is 4.98. The van der Waals surface area contributed by atoms with Crippen molar-refractivity contribution in [2.24, 2.45) is 5.92 Å². The van der Waals surface area contributed by atoms with Crippen LogP contribution in [0.2, 0.25) is 0 Å². The maximum absolute atomic E-state index is 12.8. The molecule has 5 rings (SSSR count). The molecular weight excluding hydrogens is 380 g/mol. The Balaban J connectivity index is 1.39. The fourth-order valence-electron chi connectivity index (χ4n) is 3.23. The van der Waals surface area contributed by atoms with E-state index >= 15 is 0 Å². The molecule has 0 radical (unpaired) electrons. The zero-order valence-electron chi connectivity index (χ0n) is 16.0. The van der Waals surface area contributed by atoms with Gasteiger partial charge in [0.2, 0.25) is 5.91 Å². The Labute approximate surface area is 172 Å². The molecule has 4 aromatic rings. The van der Waals surface area contributed by atoms with Gasteiger partial charge in [0.05, 0.1) is 11.9 Å². The summed E-state index contributed by atoms with van der Waals surface area (Å²) < 4.78 is 5.94. The monoisotopic (exact) mass is 398 g/mol. The van der Waals surface area contributed by atoms with Crippen molar-refractivity contribution in [2.75, 3.05) is 10.6 Å². The third kappa shape index (κ3) is 3.65. The summed E-state index contributed by atoms with van der Waals surface area (Å²) in [6, 6.07) is 14.6. The van der Waals surface area contributed by atoms with E-state index in [0.717, 1.165) is 29.4 Å². The predicted molar refractivity (Wildman–Crippen MR) is 113 cm³/mol. The van der Waals surface area contributed by atoms with Crippen LogP contribution in [0.15, 0.2) is 71.5 Å². The lowest BCUT2D eigenvalue weighted by Crippen LogP contribution is -2.16. The predicted octanol–water partition coefficient (Wildman–Crippen LogP) is 4.49. The lowest BCUT2D eigenvalue weighted by Gasteiger charge is -2.10. The minimum atomic E-state index is -0.329. The van der Waals surface area contributed by atoms with Crippen molar-refractivity contribution in [1.29, 1.82) is 0 Å². The second kappa shape index (κ2) is 7.44. The van der Waals surface area contributed by atoms with Gasteiger partial charge in [-0.2, -0.15) is 0 Å². The highest BCUT2D eigenvalue weighted by Gasteiger charge is 2.29. The van der Waals surface area contributed by atoms with Gasteiger partial charge in [0.15, 0.2) is 0 Å². The molecule has 1 aromatic carbocycles. The molecule has 3 heterocycles. The molecule has 30 heavy (non-hydrogen) atoms. The minimum Gasteiger partial charge on any atom is -0.456 e. The molecule has 1 aliphatic carbocycles. The number of amides is 2. The Kier molecular flexibility index (Phi) is 4.48. The zero-order valence-corrected chi connectivity index (χ0v) is 16.0. The van der Waals surface area contributed by atoms with E-state index in [1.807, 2.05) is 30.3 Å². The third-order valence-corrected chi connectivity index (χ3v) is 4.98. The number of fused-ring (bicyclic) bond motifs is 1. The molecule has 0 saturated heterocycles. The molecule has 1 aliphatic rings. The number of pyridine rings is 2. The number of para-hydroxylation sites is 1. The molecule has 2 N–H and O–H groups in total. The summed E-state index contributed by atoms with van der Waals surface area (Å²) in [7, 11) is 0. The van der Waals surface area contributed by atoms with Crippen LogP contribution in [0.4, 0.5) is 11.5 Å². The first-order chi connectivity index (χ1) is 14.7. The van der Waals surface area contributed by atoms with Gasteiger partial charge in [-0.05, 0) is 43.2 Å². The van der Waals surface area contributed by atoms with E-state index < -0.39 is 0 Å². The highest BCUT2D eigenvalue weighted by molar-refractivity contribution is 6.07. The second-order valence-electron chi connectivity index (χ2n) is 7.22. The number of rotatable bonds is 5. The topological polar surface area (TPSA) is 97.1 Å². The lowest BCUT2D eigenvalue weighted by molar-refractivity contribution is -0.117. The van der Waals surface area contributed by atoms with Crippen LogP contribution in [0.25, 0.3) is 22.3 Å². The smallest absolute Gasteiger partial charge is 0.255 e. The Morgan fingerprint density at radius 2 is 1.87 bits per heavy atom. The van der Waals surface area contributed by atoms with Crippen LogP contribution < -0.4 is 10.6 Å². The highest BCUT2D eigenvalue weighted by atomic mass is 16.3. The standard InChI is InChI=1S/C23H18N4O3/c28-22(14-5-6-14)27-21-12-16(7-10-25-21)23(29)26-18-13-24-9-8-17(18)20-11-15-3-1-2-4-19(15)30-20/h1-4,7-14H,5-6H2,(H,26,29)(H,25,27,28). The van der Waals surface area contributed by atoms with Gasteiger partial charge in [-0.25, -0.2) is 4.98 Å². The quantitative estimate of drug-likeness (QED) is 0.516. The summed E-state index contributed by atoms with van der Waals surface area (Å²) in [6.45, 7) is 0. The average Bonchev–Trinajstić information content (AvgIpc) is 3.53. The van der Waals surface area contributed by atoms with E-state index in [0.29, 0.717) is 22.8 Å². The Bertz CT molecular complexity index is 1230. The van der Waals surface area contributed by atoms with Gasteiger partial charge in [0.25, 0.3) is 5.91 Å². The van der Waals surface area contributed by atoms with Gasteiger partial charge in [-0.3, -0.25) is 14.6 Å². The maximum Gasteiger partial charge on any atom is 0.255 e. The van der Waals surface area contributed by atoms with E-state index in [9.17, 15) is 9.59 Å². The van der Waals surface area contributed by atoms with Crippen LogP contribution >= 0.6 is 0 Å². The number of hydrogen-bond acceptors (Lipinski definition) is 5. The molecular formula is C23H18N4O3. The van der Waals surface area contributed by atoms with Gasteiger partial charge < -0.3 is 15.1 Å². The SMILES string of the molecule is O=C(Nc1cnccc1-c1cc2ccccc2o1)c1ccnc(NC(=O)C2CC2)c1. The second-order valence-corrected chi connectivity index (χ2v) is 7.22. The van der Waals surface area contributed by atoms with E-state index in [4.69, 9.17) is 4.42 Å². The molecule has 1 saturated carbocycles. The summed E-state index contributed by atoms with van der Waals surface area (Å²) in [6.07, 6.45) is 6.53. The van der Waals surface area contributed by atoms with Crippen LogP contribution in [0, 0.1) is 5.92 Å². The van der Waals surface area contributed by atoms with Crippen LogP contribution in [0.1, 0.15) is 23.2 Å². The summed E-state index contributed by atoms with van der Waals surface area (Å²) in [5, 5.41) is 6.62. The summed E-state index contributed by atoms with van der Waals surface area (Å²) in [4.78, 5) is 33.1. The first kappa shape index (κ1) is 18.1. The van der Waals surface area contributed by atoms with Gasteiger partial charge in [0.1, 0.15) is 17.2 Å². The first-order valence-electron chi connectivity index (χ1n) is 9.68. The minimum absolute atomic E-state index is 0.0560. The van der Waals surface area contributed by atoms with Crippen LogP contribution in [-0.2, 0) is 4.79 Å². The number of furan rings is 1. The number of nitrogens with one attached hydrogen (secondary N) is 2. The number of anilines is 2. The highest BCUT2D eigenvalue weighted by Crippen LogP contribution is 2.32. The number of hydrogen-bond donors (Lipinski definition) is 2. The molecule has 0 atom stereocenters. The normalized spacial score (nSPS) is 13.2. The van der Waals surface area contributed by atoms with Gasteiger partial charge in [-0.1, -0.05) is 18.2 Å². The van der Waals surface area contributed by atoms with Crippen molar-refractivity contribution in [1.82, 2.24) is 9.97 Å². The molecule has 7 nitrogen and oxygen atoms in total. The molecule has 2 amide bonds. The molecule has 0 spiro atoms. The van der Waals surface area contributed by atoms with Crippen molar-refractivity contribution in [3.05, 3.63) is 72.7 Å². The van der Waals surface area contributed by atoms with Crippen molar-refractivity contribution in [3.63, 3.8) is 0 Å². The lowest BCUT2D eigenvalue weighted by atomic mass is 10.1. The molecule has 7 heteroatoms. The van der Waals surface area contributed by atoms with E-state index in [1.54, 1.807) is 30.6 Å². The Morgan fingerprint density at radius 1 is 1.00 bits per heavy atom. The maximum atomic E-state index is 12.8. The van der Waals surface area contributed by atoms with Crippen molar-refractivity contribution in [2.45, 2.75) is 12.8 Å². The van der Waals surface area contributed by atoms with E-state index in [-0.39, 0.29) is 17.7 Å². The number of carbonyl (C=O) groups excluding carboxylic acids is 2. The first-order valence-corrected chi connectivity index (χ1v) is 9.68. The summed E-state index contributed by atoms with van der Waals surface area (Å²) in [5.41, 5.74) is 2.41. The number of benzene rings is 1.